The van der Waals surface area contributed by atoms with Crippen LogP contribution in [0.15, 0.2) is 48.5 Å². The molecule has 0 bridgehead atoms. The van der Waals surface area contributed by atoms with Crippen LogP contribution in [0.4, 0.5) is 0 Å². The van der Waals surface area contributed by atoms with Gasteiger partial charge in [0.05, 0.1) is 11.2 Å². The molecule has 0 saturated carbocycles. The Balaban J connectivity index is 2.35. The molecule has 0 N–H and O–H groups in total. The summed E-state index contributed by atoms with van der Waals surface area (Å²) >= 11 is 6.18. The molecule has 1 heterocycles. The minimum Gasteiger partial charge on any atom is -0.225 e. The molecule has 0 unspecified atom stereocenters. The van der Waals surface area contributed by atoms with Crippen molar-refractivity contribution < 1.29 is 0 Å². The first kappa shape index (κ1) is 10.2. The number of benzene rings is 2. The Morgan fingerprint density at radius 2 is 1.65 bits per heavy atom. The summed E-state index contributed by atoms with van der Waals surface area (Å²) in [7, 11) is 0. The molecule has 0 spiro atoms. The molecule has 3 heteroatoms. The number of nitrogens with zero attached hydrogens (tertiary/aromatic N) is 2. The molecule has 17 heavy (non-hydrogen) atoms. The van der Waals surface area contributed by atoms with Crippen LogP contribution in [0.2, 0.25) is 5.02 Å². The summed E-state index contributed by atoms with van der Waals surface area (Å²) in [6, 6.07) is 15.5. The van der Waals surface area contributed by atoms with Crippen LogP contribution in [0.3, 0.4) is 0 Å². The largest absolute Gasteiger partial charge is 0.225 e. The minimum absolute atomic E-state index is 0.685. The number of hydrogen-bond acceptors (Lipinski definition) is 2. The Bertz CT molecular complexity index is 674. The molecule has 3 aromatic rings. The van der Waals surface area contributed by atoms with Gasteiger partial charge >= 0.3 is 0 Å². The van der Waals surface area contributed by atoms with E-state index in [9.17, 15) is 0 Å². The third-order valence-corrected chi connectivity index (χ3v) is 2.95. The van der Waals surface area contributed by atoms with Gasteiger partial charge in [0, 0.05) is 16.0 Å². The second-order valence-corrected chi connectivity index (χ2v) is 4.08. The lowest BCUT2D eigenvalue weighted by Gasteiger charge is -2.05. The predicted molar refractivity (Wildman–Crippen MR) is 68.8 cm³/mol. The van der Waals surface area contributed by atoms with Crippen molar-refractivity contribution in [1.29, 1.82) is 0 Å². The predicted octanol–water partition coefficient (Wildman–Crippen LogP) is 3.75. The van der Waals surface area contributed by atoms with Gasteiger partial charge in [-0.15, -0.1) is 0 Å². The number of rotatable bonds is 1. The summed E-state index contributed by atoms with van der Waals surface area (Å²) in [5.41, 5.74) is 2.60. The van der Waals surface area contributed by atoms with Gasteiger partial charge in [-0.1, -0.05) is 48.0 Å². The number of aromatic nitrogens is 2. The van der Waals surface area contributed by atoms with Crippen LogP contribution in [-0.2, 0) is 0 Å². The van der Waals surface area contributed by atoms with Crippen molar-refractivity contribution in [3.8, 4) is 11.3 Å². The van der Waals surface area contributed by atoms with Crippen LogP contribution in [0.5, 0.6) is 0 Å². The first-order valence-electron chi connectivity index (χ1n) is 5.24. The van der Waals surface area contributed by atoms with E-state index in [-0.39, 0.29) is 0 Å². The molecular weight excluding hydrogens is 232 g/mol. The summed E-state index contributed by atoms with van der Waals surface area (Å²) in [6.45, 7) is 0. The van der Waals surface area contributed by atoms with Gasteiger partial charge in [-0.25, -0.2) is 9.97 Å². The van der Waals surface area contributed by atoms with Crippen LogP contribution in [0.25, 0.3) is 22.2 Å². The summed E-state index contributed by atoms with van der Waals surface area (Å²) in [5.74, 6) is 0. The highest BCUT2D eigenvalue weighted by Crippen LogP contribution is 2.30. The highest BCUT2D eigenvalue weighted by molar-refractivity contribution is 6.33. The average molecular weight is 240 g/mol. The Morgan fingerprint density at radius 3 is 2.53 bits per heavy atom. The van der Waals surface area contributed by atoms with Gasteiger partial charge in [-0.2, -0.15) is 0 Å². The molecule has 1 aromatic heterocycles. The molecule has 3 rings (SSSR count). The normalized spacial score (nSPS) is 10.6. The lowest BCUT2D eigenvalue weighted by Crippen LogP contribution is -1.89. The molecule has 0 amide bonds. The van der Waals surface area contributed by atoms with Crippen LogP contribution in [-0.4, -0.2) is 9.97 Å². The number of hydrogen-bond donors (Lipinski definition) is 0. The van der Waals surface area contributed by atoms with E-state index < -0.39 is 0 Å². The fourth-order valence-electron chi connectivity index (χ4n) is 1.82. The molecule has 0 fully saturated rings. The van der Waals surface area contributed by atoms with E-state index in [4.69, 9.17) is 11.6 Å². The molecule has 0 aliphatic carbocycles. The maximum Gasteiger partial charge on any atom is 0.198 e. The van der Waals surface area contributed by atoms with Gasteiger partial charge in [0.1, 0.15) is 0 Å². The molecular formula is C14H8ClN2. The van der Waals surface area contributed by atoms with Gasteiger partial charge in [0.25, 0.3) is 0 Å². The quantitative estimate of drug-likeness (QED) is 0.646. The lowest BCUT2D eigenvalue weighted by molar-refractivity contribution is 1.20. The van der Waals surface area contributed by atoms with Gasteiger partial charge in [-0.3, -0.25) is 0 Å². The van der Waals surface area contributed by atoms with Crippen molar-refractivity contribution in [2.75, 3.05) is 0 Å². The van der Waals surface area contributed by atoms with E-state index >= 15 is 0 Å². The fraction of sp³-hybridized carbons (Fsp3) is 0. The first-order chi connectivity index (χ1) is 8.36. The third kappa shape index (κ3) is 1.77. The van der Waals surface area contributed by atoms with E-state index in [2.05, 4.69) is 16.3 Å². The second-order valence-electron chi connectivity index (χ2n) is 3.67. The molecule has 1 radical (unpaired) electrons. The van der Waals surface area contributed by atoms with Crippen LogP contribution in [0.1, 0.15) is 0 Å². The number of para-hydroxylation sites is 1. The highest BCUT2D eigenvalue weighted by Gasteiger charge is 2.08. The zero-order valence-electron chi connectivity index (χ0n) is 8.89. The summed E-state index contributed by atoms with van der Waals surface area (Å²) in [5, 5.41) is 1.67. The molecule has 0 aliphatic rings. The zero-order chi connectivity index (χ0) is 11.7. The monoisotopic (exact) mass is 239 g/mol. The van der Waals surface area contributed by atoms with E-state index in [1.807, 2.05) is 48.5 Å². The van der Waals surface area contributed by atoms with E-state index in [0.29, 0.717) is 5.02 Å². The molecule has 2 nitrogen and oxygen atoms in total. The standard InChI is InChI=1S/C14H8ClN2/c15-12-7-3-1-5-10(12)14-11-6-2-4-8-13(11)16-9-17-14/h1-8H. The summed E-state index contributed by atoms with van der Waals surface area (Å²) in [4.78, 5) is 8.34. The van der Waals surface area contributed by atoms with Gasteiger partial charge in [0.2, 0.25) is 0 Å². The van der Waals surface area contributed by atoms with Crippen molar-refractivity contribution in [1.82, 2.24) is 9.97 Å². The summed E-state index contributed by atoms with van der Waals surface area (Å²) in [6.07, 6.45) is 2.67. The molecule has 2 aromatic carbocycles. The van der Waals surface area contributed by atoms with Crippen LogP contribution in [0, 0.1) is 6.33 Å². The van der Waals surface area contributed by atoms with Crippen molar-refractivity contribution >= 4 is 22.5 Å². The van der Waals surface area contributed by atoms with Gasteiger partial charge in [-0.05, 0) is 12.1 Å². The SMILES string of the molecule is Clc1ccccc1-c1n[c]nc2ccccc12. The minimum atomic E-state index is 0.685. The Labute approximate surface area is 104 Å². The molecule has 0 saturated heterocycles. The maximum atomic E-state index is 6.18. The average Bonchev–Trinajstić information content (AvgIpc) is 2.39. The summed E-state index contributed by atoms with van der Waals surface area (Å²) < 4.78 is 0. The number of fused-ring (bicyclic) bond motifs is 1. The topological polar surface area (TPSA) is 25.8 Å². The number of halogens is 1. The smallest absolute Gasteiger partial charge is 0.198 e. The molecule has 0 atom stereocenters. The molecule has 81 valence electrons. The van der Waals surface area contributed by atoms with E-state index in [1.54, 1.807) is 0 Å². The Hall–Kier alpha value is -1.93. The van der Waals surface area contributed by atoms with Gasteiger partial charge in [0.15, 0.2) is 6.33 Å². The van der Waals surface area contributed by atoms with Gasteiger partial charge < -0.3 is 0 Å². The lowest BCUT2D eigenvalue weighted by atomic mass is 10.1. The van der Waals surface area contributed by atoms with E-state index in [1.165, 1.54) is 0 Å². The first-order valence-corrected chi connectivity index (χ1v) is 5.62. The van der Waals surface area contributed by atoms with Crippen LogP contribution < -0.4 is 0 Å². The Kier molecular flexibility index (Phi) is 2.50. The molecule has 0 aliphatic heterocycles. The highest BCUT2D eigenvalue weighted by atomic mass is 35.5. The van der Waals surface area contributed by atoms with Crippen molar-refractivity contribution in [3.05, 3.63) is 59.9 Å². The second kappa shape index (κ2) is 4.15. The zero-order valence-corrected chi connectivity index (χ0v) is 9.65. The van der Waals surface area contributed by atoms with E-state index in [0.717, 1.165) is 22.2 Å². The fourth-order valence-corrected chi connectivity index (χ4v) is 2.04. The third-order valence-electron chi connectivity index (χ3n) is 2.62. The Morgan fingerprint density at radius 1 is 0.882 bits per heavy atom. The van der Waals surface area contributed by atoms with Crippen LogP contribution >= 0.6 is 11.6 Å². The van der Waals surface area contributed by atoms with Crippen molar-refractivity contribution in [3.63, 3.8) is 0 Å². The van der Waals surface area contributed by atoms with Crippen molar-refractivity contribution in [2.45, 2.75) is 0 Å². The maximum absolute atomic E-state index is 6.18. The van der Waals surface area contributed by atoms with Crippen molar-refractivity contribution in [2.24, 2.45) is 0 Å².